The van der Waals surface area contributed by atoms with Crippen LogP contribution >= 0.6 is 11.6 Å². The third kappa shape index (κ3) is 4.12. The molecule has 0 bridgehead atoms. The molecule has 144 valence electrons. The van der Waals surface area contributed by atoms with Crippen LogP contribution in [0, 0.1) is 5.92 Å². The largest absolute Gasteiger partial charge is 0.478 e. The lowest BCUT2D eigenvalue weighted by molar-refractivity contribution is -0.122. The van der Waals surface area contributed by atoms with E-state index >= 15 is 0 Å². The molecule has 1 fully saturated rings. The van der Waals surface area contributed by atoms with Crippen LogP contribution in [0.4, 0.5) is 11.4 Å². The summed E-state index contributed by atoms with van der Waals surface area (Å²) < 4.78 is 0. The highest BCUT2D eigenvalue weighted by atomic mass is 35.5. The van der Waals surface area contributed by atoms with Crippen LogP contribution in [0.3, 0.4) is 0 Å². The quantitative estimate of drug-likeness (QED) is 0.706. The molecule has 9 heteroatoms. The Balaban J connectivity index is 1.76. The molecule has 1 aliphatic rings. The van der Waals surface area contributed by atoms with E-state index in [1.165, 1.54) is 17.0 Å². The number of nitrogens with zero attached hydrogens (tertiary/aromatic N) is 1. The summed E-state index contributed by atoms with van der Waals surface area (Å²) in [7, 11) is 0. The van der Waals surface area contributed by atoms with Crippen molar-refractivity contribution in [1.29, 1.82) is 0 Å². The van der Waals surface area contributed by atoms with Crippen molar-refractivity contribution in [3.8, 4) is 0 Å². The van der Waals surface area contributed by atoms with Gasteiger partial charge in [-0.05, 0) is 42.5 Å². The highest BCUT2D eigenvalue weighted by Gasteiger charge is 2.35. The molecule has 3 rings (SSSR count). The van der Waals surface area contributed by atoms with E-state index in [-0.39, 0.29) is 35.7 Å². The van der Waals surface area contributed by atoms with Gasteiger partial charge in [-0.3, -0.25) is 9.59 Å². The SMILES string of the molecule is O=C(O)c1cc(NC(=O)C2CC(=O)N(c3ccc(Cl)cc3)C2)cc(C(=O)O)c1. The van der Waals surface area contributed by atoms with Gasteiger partial charge in [-0.15, -0.1) is 0 Å². The molecule has 2 amide bonds. The maximum absolute atomic E-state index is 12.5. The van der Waals surface area contributed by atoms with Crippen LogP contribution in [0.25, 0.3) is 0 Å². The second-order valence-electron chi connectivity index (χ2n) is 6.28. The lowest BCUT2D eigenvalue weighted by atomic mass is 10.1. The summed E-state index contributed by atoms with van der Waals surface area (Å²) in [6, 6.07) is 9.97. The van der Waals surface area contributed by atoms with Gasteiger partial charge in [0.05, 0.1) is 17.0 Å². The maximum Gasteiger partial charge on any atom is 0.335 e. The van der Waals surface area contributed by atoms with Crippen molar-refractivity contribution < 1.29 is 29.4 Å². The Labute approximate surface area is 164 Å². The predicted octanol–water partition coefficient (Wildman–Crippen LogP) is 2.73. The van der Waals surface area contributed by atoms with E-state index in [0.29, 0.717) is 10.7 Å². The lowest BCUT2D eigenvalue weighted by Gasteiger charge is -2.17. The smallest absolute Gasteiger partial charge is 0.335 e. The first-order valence-corrected chi connectivity index (χ1v) is 8.61. The first-order valence-electron chi connectivity index (χ1n) is 8.23. The lowest BCUT2D eigenvalue weighted by Crippen LogP contribution is -2.28. The zero-order valence-electron chi connectivity index (χ0n) is 14.4. The minimum Gasteiger partial charge on any atom is -0.478 e. The third-order valence-electron chi connectivity index (χ3n) is 4.33. The summed E-state index contributed by atoms with van der Waals surface area (Å²) in [4.78, 5) is 48.6. The van der Waals surface area contributed by atoms with E-state index < -0.39 is 23.8 Å². The second kappa shape index (κ2) is 7.69. The van der Waals surface area contributed by atoms with Gasteiger partial charge in [0.1, 0.15) is 0 Å². The monoisotopic (exact) mass is 402 g/mol. The number of halogens is 1. The molecule has 2 aromatic carbocycles. The number of carboxylic acid groups (broad SMARTS) is 2. The van der Waals surface area contributed by atoms with Crippen molar-refractivity contribution in [2.45, 2.75) is 6.42 Å². The van der Waals surface area contributed by atoms with Gasteiger partial charge in [-0.25, -0.2) is 9.59 Å². The van der Waals surface area contributed by atoms with E-state index in [0.717, 1.165) is 6.07 Å². The number of benzene rings is 2. The zero-order valence-corrected chi connectivity index (χ0v) is 15.1. The number of nitrogens with one attached hydrogen (secondary N) is 1. The van der Waals surface area contributed by atoms with Crippen molar-refractivity contribution in [2.24, 2.45) is 5.92 Å². The van der Waals surface area contributed by atoms with Crippen LogP contribution in [-0.4, -0.2) is 40.5 Å². The van der Waals surface area contributed by atoms with E-state index in [1.807, 2.05) is 0 Å². The number of carbonyl (C=O) groups excluding carboxylic acids is 2. The number of rotatable bonds is 5. The van der Waals surface area contributed by atoms with E-state index in [9.17, 15) is 19.2 Å². The predicted molar refractivity (Wildman–Crippen MR) is 101 cm³/mol. The Morgan fingerprint density at radius 1 is 1.00 bits per heavy atom. The fourth-order valence-electron chi connectivity index (χ4n) is 2.94. The topological polar surface area (TPSA) is 124 Å². The molecule has 3 N–H and O–H groups in total. The summed E-state index contributed by atoms with van der Waals surface area (Å²) in [5.41, 5.74) is 0.131. The van der Waals surface area contributed by atoms with Crippen LogP contribution in [0.5, 0.6) is 0 Å². The molecular formula is C19H15ClN2O6. The van der Waals surface area contributed by atoms with Gasteiger partial charge in [0, 0.05) is 29.4 Å². The van der Waals surface area contributed by atoms with E-state index in [4.69, 9.17) is 21.8 Å². The van der Waals surface area contributed by atoms with Crippen LogP contribution in [0.2, 0.25) is 5.02 Å². The first-order chi connectivity index (χ1) is 13.2. The molecule has 0 saturated carbocycles. The van der Waals surface area contributed by atoms with Gasteiger partial charge in [-0.2, -0.15) is 0 Å². The van der Waals surface area contributed by atoms with Crippen molar-refractivity contribution in [3.63, 3.8) is 0 Å². The zero-order chi connectivity index (χ0) is 20.4. The minimum atomic E-state index is -1.32. The van der Waals surface area contributed by atoms with Gasteiger partial charge in [0.2, 0.25) is 11.8 Å². The molecule has 1 unspecified atom stereocenters. The second-order valence-corrected chi connectivity index (χ2v) is 6.72. The van der Waals surface area contributed by atoms with Gasteiger partial charge in [-0.1, -0.05) is 11.6 Å². The van der Waals surface area contributed by atoms with Crippen LogP contribution in [0.1, 0.15) is 27.1 Å². The molecule has 2 aromatic rings. The third-order valence-corrected chi connectivity index (χ3v) is 4.58. The first kappa shape index (κ1) is 19.4. The Morgan fingerprint density at radius 2 is 1.57 bits per heavy atom. The van der Waals surface area contributed by atoms with Crippen molar-refractivity contribution in [2.75, 3.05) is 16.8 Å². The standard InChI is InChI=1S/C19H15ClN2O6/c20-13-1-3-15(4-2-13)22-9-12(8-16(22)23)17(24)21-14-6-10(18(25)26)5-11(7-14)19(27)28/h1-7,12H,8-9H2,(H,21,24)(H,25,26)(H,27,28). The Bertz CT molecular complexity index is 941. The molecule has 0 aliphatic carbocycles. The van der Waals surface area contributed by atoms with Crippen molar-refractivity contribution in [1.82, 2.24) is 0 Å². The summed E-state index contributed by atoms with van der Waals surface area (Å²) in [6.45, 7) is 0.150. The average Bonchev–Trinajstić information content (AvgIpc) is 3.04. The fraction of sp³-hybridized carbons (Fsp3) is 0.158. The van der Waals surface area contributed by atoms with Gasteiger partial charge in [0.15, 0.2) is 0 Å². The number of aromatic carboxylic acids is 2. The normalized spacial score (nSPS) is 16.1. The molecule has 1 saturated heterocycles. The molecule has 0 radical (unpaired) electrons. The molecule has 1 atom stereocenters. The molecule has 0 spiro atoms. The molecule has 8 nitrogen and oxygen atoms in total. The number of carbonyl (C=O) groups is 4. The summed E-state index contributed by atoms with van der Waals surface area (Å²) in [5, 5.41) is 21.3. The number of amides is 2. The highest BCUT2D eigenvalue weighted by Crippen LogP contribution is 2.27. The molecule has 1 heterocycles. The Morgan fingerprint density at radius 3 is 2.11 bits per heavy atom. The Hall–Kier alpha value is -3.39. The minimum absolute atomic E-state index is 0.0150. The summed E-state index contributed by atoms with van der Waals surface area (Å²) >= 11 is 5.84. The number of anilines is 2. The van der Waals surface area contributed by atoms with Crippen LogP contribution < -0.4 is 10.2 Å². The van der Waals surface area contributed by atoms with Gasteiger partial charge < -0.3 is 20.4 Å². The number of carboxylic acids is 2. The van der Waals surface area contributed by atoms with Gasteiger partial charge >= 0.3 is 11.9 Å². The number of hydrogen-bond acceptors (Lipinski definition) is 4. The fourth-order valence-corrected chi connectivity index (χ4v) is 3.07. The highest BCUT2D eigenvalue weighted by molar-refractivity contribution is 6.30. The molecule has 0 aromatic heterocycles. The Kier molecular flexibility index (Phi) is 5.32. The summed E-state index contributed by atoms with van der Waals surface area (Å²) in [5.74, 6) is -4.02. The van der Waals surface area contributed by atoms with Crippen LogP contribution in [0.15, 0.2) is 42.5 Å². The summed E-state index contributed by atoms with van der Waals surface area (Å²) in [6.07, 6.45) is -0.0150. The van der Waals surface area contributed by atoms with Gasteiger partial charge in [0.25, 0.3) is 0 Å². The molecule has 28 heavy (non-hydrogen) atoms. The van der Waals surface area contributed by atoms with E-state index in [2.05, 4.69) is 5.32 Å². The van der Waals surface area contributed by atoms with Crippen molar-refractivity contribution in [3.05, 3.63) is 58.6 Å². The van der Waals surface area contributed by atoms with E-state index in [1.54, 1.807) is 24.3 Å². The average molecular weight is 403 g/mol. The molecular weight excluding hydrogens is 388 g/mol. The molecule has 1 aliphatic heterocycles. The van der Waals surface area contributed by atoms with Crippen molar-refractivity contribution >= 4 is 46.7 Å². The number of hydrogen-bond donors (Lipinski definition) is 3. The van der Waals surface area contributed by atoms with Crippen LogP contribution in [-0.2, 0) is 9.59 Å². The maximum atomic E-state index is 12.5.